The number of aliphatic hydroxyl groups is 1. The molecule has 1 aromatic heterocycles. The van der Waals surface area contributed by atoms with E-state index >= 15 is 0 Å². The Bertz CT molecular complexity index is 682. The zero-order valence-electron chi connectivity index (χ0n) is 13.6. The smallest absolute Gasteiger partial charge is 0.240 e. The van der Waals surface area contributed by atoms with E-state index in [1.165, 1.54) is 23.5 Å². The normalized spacial score (nSPS) is 12.1. The van der Waals surface area contributed by atoms with Gasteiger partial charge in [0.1, 0.15) is 5.82 Å². The summed E-state index contributed by atoms with van der Waals surface area (Å²) in [6, 6.07) is 4.34. The van der Waals surface area contributed by atoms with Crippen molar-refractivity contribution in [1.82, 2.24) is 9.88 Å². The average Bonchev–Trinajstić information content (AvgIpc) is 2.77. The topological polar surface area (TPSA) is 65.5 Å². The second-order valence-electron chi connectivity index (χ2n) is 6.67. The van der Waals surface area contributed by atoms with E-state index in [1.54, 1.807) is 6.07 Å². The highest BCUT2D eigenvalue weighted by atomic mass is 32.1. The zero-order valence-corrected chi connectivity index (χ0v) is 14.4. The Balaban J connectivity index is 2.01. The molecule has 0 atom stereocenters. The number of halogens is 1. The number of anilines is 1. The lowest BCUT2D eigenvalue weighted by molar-refractivity contribution is -0.117. The molecule has 0 fully saturated rings. The Morgan fingerprint density at radius 2 is 2.17 bits per heavy atom. The van der Waals surface area contributed by atoms with Crippen LogP contribution >= 0.6 is 11.3 Å². The first-order valence-corrected chi connectivity index (χ1v) is 8.28. The Morgan fingerprint density at radius 1 is 1.43 bits per heavy atom. The molecular formula is C16H22FN3O2S. The van der Waals surface area contributed by atoms with Gasteiger partial charge >= 0.3 is 0 Å². The number of carbonyl (C=O) groups is 1. The number of benzene rings is 1. The van der Waals surface area contributed by atoms with E-state index in [2.05, 4.69) is 31.1 Å². The maximum atomic E-state index is 13.2. The van der Waals surface area contributed by atoms with Crippen LogP contribution in [-0.2, 0) is 4.79 Å². The zero-order chi connectivity index (χ0) is 17.0. The molecule has 1 aromatic carbocycles. The summed E-state index contributed by atoms with van der Waals surface area (Å²) in [6.45, 7) is 7.57. The van der Waals surface area contributed by atoms with Crippen molar-refractivity contribution in [1.29, 1.82) is 0 Å². The third-order valence-electron chi connectivity index (χ3n) is 3.08. The number of amides is 1. The molecule has 0 unspecified atom stereocenters. The summed E-state index contributed by atoms with van der Waals surface area (Å²) in [6.07, 6.45) is 0. The molecule has 0 aliphatic rings. The molecule has 7 heteroatoms. The second kappa shape index (κ2) is 7.33. The lowest BCUT2D eigenvalue weighted by Crippen LogP contribution is -2.40. The minimum Gasteiger partial charge on any atom is -0.395 e. The summed E-state index contributed by atoms with van der Waals surface area (Å²) < 4.78 is 13.9. The number of thiazole rings is 1. The van der Waals surface area contributed by atoms with Crippen LogP contribution in [0.2, 0.25) is 0 Å². The number of nitrogens with zero attached hydrogens (tertiary/aromatic N) is 2. The van der Waals surface area contributed by atoms with E-state index in [0.717, 1.165) is 0 Å². The first-order valence-electron chi connectivity index (χ1n) is 7.46. The molecule has 23 heavy (non-hydrogen) atoms. The largest absolute Gasteiger partial charge is 0.395 e. The molecule has 0 saturated carbocycles. The molecule has 2 aromatic rings. The third-order valence-corrected chi connectivity index (χ3v) is 4.01. The number of nitrogens with one attached hydrogen (secondary N) is 1. The molecule has 2 N–H and O–H groups in total. The molecule has 0 aliphatic heterocycles. The van der Waals surface area contributed by atoms with E-state index in [1.807, 2.05) is 4.90 Å². The highest BCUT2D eigenvalue weighted by Gasteiger charge is 2.19. The number of aliphatic hydroxyl groups excluding tert-OH is 1. The Labute approximate surface area is 139 Å². The van der Waals surface area contributed by atoms with Crippen LogP contribution in [0.3, 0.4) is 0 Å². The molecule has 2 rings (SSSR count). The quantitative estimate of drug-likeness (QED) is 0.849. The van der Waals surface area contributed by atoms with Gasteiger partial charge in [0.2, 0.25) is 5.91 Å². The predicted octanol–water partition coefficient (Wildman–Crippen LogP) is 2.71. The molecular weight excluding hydrogens is 317 g/mol. The summed E-state index contributed by atoms with van der Waals surface area (Å²) in [5.74, 6) is -0.513. The average molecular weight is 339 g/mol. The van der Waals surface area contributed by atoms with Gasteiger partial charge in [0.05, 0.1) is 23.4 Å². The number of hydrogen-bond donors (Lipinski definition) is 2. The van der Waals surface area contributed by atoms with Gasteiger partial charge in [-0.3, -0.25) is 9.69 Å². The summed E-state index contributed by atoms with van der Waals surface area (Å²) in [7, 11) is 0. The molecule has 126 valence electrons. The van der Waals surface area contributed by atoms with Crippen LogP contribution in [0, 0.1) is 11.2 Å². The highest BCUT2D eigenvalue weighted by molar-refractivity contribution is 7.22. The van der Waals surface area contributed by atoms with E-state index in [0.29, 0.717) is 28.4 Å². The SMILES string of the molecule is CC(C)(C)CN(CCO)CC(=O)Nc1nc2ccc(F)cc2s1. The monoisotopic (exact) mass is 339 g/mol. The van der Waals surface area contributed by atoms with E-state index < -0.39 is 0 Å². The number of hydrogen-bond acceptors (Lipinski definition) is 5. The van der Waals surface area contributed by atoms with Gasteiger partial charge in [-0.15, -0.1) is 0 Å². The first kappa shape index (κ1) is 17.8. The van der Waals surface area contributed by atoms with Crippen molar-refractivity contribution >= 4 is 32.6 Å². The fourth-order valence-electron chi connectivity index (χ4n) is 2.34. The van der Waals surface area contributed by atoms with Crippen molar-refractivity contribution in [2.24, 2.45) is 5.41 Å². The molecule has 0 radical (unpaired) electrons. The van der Waals surface area contributed by atoms with Crippen molar-refractivity contribution in [2.45, 2.75) is 20.8 Å². The van der Waals surface area contributed by atoms with Crippen LogP contribution in [0.25, 0.3) is 10.2 Å². The fraction of sp³-hybridized carbons (Fsp3) is 0.500. The highest BCUT2D eigenvalue weighted by Crippen LogP contribution is 2.26. The van der Waals surface area contributed by atoms with E-state index in [-0.39, 0.29) is 30.3 Å². The minimum atomic E-state index is -0.321. The van der Waals surface area contributed by atoms with Crippen molar-refractivity contribution in [3.8, 4) is 0 Å². The van der Waals surface area contributed by atoms with Crippen LogP contribution < -0.4 is 5.32 Å². The second-order valence-corrected chi connectivity index (χ2v) is 7.70. The standard InChI is InChI=1S/C16H22FN3O2S/c1-16(2,3)10-20(6-7-21)9-14(22)19-15-18-12-5-4-11(17)8-13(12)23-15/h4-5,8,21H,6-7,9-10H2,1-3H3,(H,18,19,22). The van der Waals surface area contributed by atoms with Crippen LogP contribution in [-0.4, -0.2) is 47.1 Å². The maximum Gasteiger partial charge on any atom is 0.240 e. The molecule has 5 nitrogen and oxygen atoms in total. The van der Waals surface area contributed by atoms with Gasteiger partial charge in [0, 0.05) is 13.1 Å². The molecule has 1 amide bonds. The van der Waals surface area contributed by atoms with Gasteiger partial charge < -0.3 is 10.4 Å². The predicted molar refractivity (Wildman–Crippen MR) is 91.2 cm³/mol. The molecule has 1 heterocycles. The third kappa shape index (κ3) is 5.53. The molecule has 0 spiro atoms. The summed E-state index contributed by atoms with van der Waals surface area (Å²) in [5.41, 5.74) is 0.691. The van der Waals surface area contributed by atoms with Crippen LogP contribution in [0.1, 0.15) is 20.8 Å². The van der Waals surface area contributed by atoms with Gasteiger partial charge in [0.25, 0.3) is 0 Å². The Kier molecular flexibility index (Phi) is 5.67. The lowest BCUT2D eigenvalue weighted by Gasteiger charge is -2.28. The molecule has 0 saturated heterocycles. The van der Waals surface area contributed by atoms with Gasteiger partial charge in [0.15, 0.2) is 5.13 Å². The van der Waals surface area contributed by atoms with Crippen molar-refractivity contribution in [3.05, 3.63) is 24.0 Å². The minimum absolute atomic E-state index is 0.00374. The van der Waals surface area contributed by atoms with Crippen molar-refractivity contribution in [3.63, 3.8) is 0 Å². The van der Waals surface area contributed by atoms with Crippen LogP contribution in [0.15, 0.2) is 18.2 Å². The molecule has 0 bridgehead atoms. The number of aromatic nitrogens is 1. The van der Waals surface area contributed by atoms with Gasteiger partial charge in [-0.2, -0.15) is 0 Å². The summed E-state index contributed by atoms with van der Waals surface area (Å²) in [5, 5.41) is 12.3. The van der Waals surface area contributed by atoms with E-state index in [4.69, 9.17) is 5.11 Å². The number of fused-ring (bicyclic) bond motifs is 1. The number of rotatable bonds is 6. The van der Waals surface area contributed by atoms with Crippen LogP contribution in [0.5, 0.6) is 0 Å². The number of carbonyl (C=O) groups excluding carboxylic acids is 1. The molecule has 0 aliphatic carbocycles. The van der Waals surface area contributed by atoms with E-state index in [9.17, 15) is 9.18 Å². The first-order chi connectivity index (χ1) is 10.8. The maximum absolute atomic E-state index is 13.2. The van der Waals surface area contributed by atoms with Gasteiger partial charge in [-0.05, 0) is 23.6 Å². The Morgan fingerprint density at radius 3 is 2.83 bits per heavy atom. The Hall–Kier alpha value is -1.57. The summed E-state index contributed by atoms with van der Waals surface area (Å²) in [4.78, 5) is 18.4. The van der Waals surface area contributed by atoms with Crippen molar-refractivity contribution in [2.75, 3.05) is 31.6 Å². The lowest BCUT2D eigenvalue weighted by atomic mass is 9.96. The van der Waals surface area contributed by atoms with Gasteiger partial charge in [-0.1, -0.05) is 32.1 Å². The summed E-state index contributed by atoms with van der Waals surface area (Å²) >= 11 is 1.24. The van der Waals surface area contributed by atoms with Crippen LogP contribution in [0.4, 0.5) is 9.52 Å². The van der Waals surface area contributed by atoms with Gasteiger partial charge in [-0.25, -0.2) is 9.37 Å². The van der Waals surface area contributed by atoms with Crippen molar-refractivity contribution < 1.29 is 14.3 Å². The fourth-order valence-corrected chi connectivity index (χ4v) is 3.25.